The van der Waals surface area contributed by atoms with Crippen LogP contribution in [0.3, 0.4) is 0 Å². The van der Waals surface area contributed by atoms with Crippen molar-refractivity contribution in [2.24, 2.45) is 0 Å². The van der Waals surface area contributed by atoms with E-state index in [4.69, 9.17) is 9.47 Å². The minimum Gasteiger partial charge on any atom is -0.493 e. The summed E-state index contributed by atoms with van der Waals surface area (Å²) in [6, 6.07) is 5.59. The summed E-state index contributed by atoms with van der Waals surface area (Å²) in [5.41, 5.74) is 0.802. The molecular formula is C17H24N2O4. The summed E-state index contributed by atoms with van der Waals surface area (Å²) in [7, 11) is 3.11. The number of nitrogens with one attached hydrogen (secondary N) is 2. The Kier molecular flexibility index (Phi) is 6.26. The van der Waals surface area contributed by atoms with Gasteiger partial charge in [-0.1, -0.05) is 18.9 Å². The molecule has 0 aromatic heterocycles. The van der Waals surface area contributed by atoms with Crippen molar-refractivity contribution in [2.45, 2.75) is 38.1 Å². The van der Waals surface area contributed by atoms with Crippen LogP contribution in [0.5, 0.6) is 11.5 Å². The summed E-state index contributed by atoms with van der Waals surface area (Å²) in [6.07, 6.45) is 4.58. The maximum atomic E-state index is 11.9. The second kappa shape index (κ2) is 8.41. The van der Waals surface area contributed by atoms with E-state index in [0.29, 0.717) is 11.5 Å². The highest BCUT2D eigenvalue weighted by Gasteiger charge is 2.17. The number of carbonyl (C=O) groups is 2. The molecule has 1 aromatic carbocycles. The Balaban J connectivity index is 1.78. The lowest BCUT2D eigenvalue weighted by Crippen LogP contribution is -2.41. The van der Waals surface area contributed by atoms with Crippen LogP contribution in [0.15, 0.2) is 18.2 Å². The van der Waals surface area contributed by atoms with E-state index in [0.717, 1.165) is 31.2 Å². The normalized spacial score (nSPS) is 14.3. The van der Waals surface area contributed by atoms with Gasteiger partial charge in [0.2, 0.25) is 11.8 Å². The van der Waals surface area contributed by atoms with Crippen molar-refractivity contribution in [3.63, 3.8) is 0 Å². The molecule has 1 aromatic rings. The summed E-state index contributed by atoms with van der Waals surface area (Å²) in [6.45, 7) is 0.0165. The van der Waals surface area contributed by atoms with Crippen molar-refractivity contribution in [3.8, 4) is 11.5 Å². The highest BCUT2D eigenvalue weighted by Crippen LogP contribution is 2.27. The monoisotopic (exact) mass is 320 g/mol. The minimum atomic E-state index is -0.196. The standard InChI is InChI=1S/C17H24N2O4/c1-22-14-8-7-12(9-15(14)23-2)10-16(20)18-11-17(21)19-13-5-3-4-6-13/h7-9,13H,3-6,10-11H2,1-2H3,(H,18,20)(H,19,21). The molecular weight excluding hydrogens is 296 g/mol. The molecule has 0 atom stereocenters. The molecule has 1 aliphatic rings. The summed E-state index contributed by atoms with van der Waals surface area (Å²) >= 11 is 0. The zero-order valence-corrected chi connectivity index (χ0v) is 13.7. The molecule has 0 aliphatic heterocycles. The van der Waals surface area contributed by atoms with Gasteiger partial charge in [0, 0.05) is 6.04 Å². The smallest absolute Gasteiger partial charge is 0.239 e. The third-order valence-electron chi connectivity index (χ3n) is 3.98. The predicted molar refractivity (Wildman–Crippen MR) is 86.7 cm³/mol. The number of hydrogen-bond acceptors (Lipinski definition) is 4. The predicted octanol–water partition coefficient (Wildman–Crippen LogP) is 1.42. The van der Waals surface area contributed by atoms with Crippen LogP contribution in [-0.2, 0) is 16.0 Å². The van der Waals surface area contributed by atoms with Crippen molar-refractivity contribution < 1.29 is 19.1 Å². The number of benzene rings is 1. The van der Waals surface area contributed by atoms with Crippen LogP contribution < -0.4 is 20.1 Å². The molecule has 126 valence electrons. The maximum absolute atomic E-state index is 11.9. The molecule has 0 spiro atoms. The molecule has 0 saturated heterocycles. The zero-order chi connectivity index (χ0) is 16.7. The average Bonchev–Trinajstić information content (AvgIpc) is 3.05. The van der Waals surface area contributed by atoms with Gasteiger partial charge in [0.1, 0.15) is 0 Å². The Morgan fingerprint density at radius 2 is 1.78 bits per heavy atom. The first-order valence-corrected chi connectivity index (χ1v) is 7.89. The van der Waals surface area contributed by atoms with E-state index >= 15 is 0 Å². The fraction of sp³-hybridized carbons (Fsp3) is 0.529. The second-order valence-corrected chi connectivity index (χ2v) is 5.69. The number of ether oxygens (including phenoxy) is 2. The maximum Gasteiger partial charge on any atom is 0.239 e. The van der Waals surface area contributed by atoms with Crippen molar-refractivity contribution in [3.05, 3.63) is 23.8 Å². The third kappa shape index (κ3) is 5.16. The molecule has 0 radical (unpaired) electrons. The highest BCUT2D eigenvalue weighted by molar-refractivity contribution is 5.85. The summed E-state index contributed by atoms with van der Waals surface area (Å²) in [5, 5.41) is 5.59. The fourth-order valence-corrected chi connectivity index (χ4v) is 2.77. The Hall–Kier alpha value is -2.24. The van der Waals surface area contributed by atoms with Crippen molar-refractivity contribution in [1.29, 1.82) is 0 Å². The van der Waals surface area contributed by atoms with Crippen LogP contribution in [0.4, 0.5) is 0 Å². The van der Waals surface area contributed by atoms with Crippen molar-refractivity contribution in [2.75, 3.05) is 20.8 Å². The Labute approximate surface area is 136 Å². The molecule has 6 heteroatoms. The van der Waals surface area contributed by atoms with Crippen LogP contribution in [0.1, 0.15) is 31.2 Å². The van der Waals surface area contributed by atoms with E-state index in [-0.39, 0.29) is 30.8 Å². The molecule has 2 rings (SSSR count). The lowest BCUT2D eigenvalue weighted by atomic mass is 10.1. The van der Waals surface area contributed by atoms with Crippen LogP contribution in [0.25, 0.3) is 0 Å². The lowest BCUT2D eigenvalue weighted by Gasteiger charge is -2.12. The quantitative estimate of drug-likeness (QED) is 0.797. The van der Waals surface area contributed by atoms with Gasteiger partial charge in [-0.05, 0) is 30.5 Å². The van der Waals surface area contributed by atoms with E-state index in [9.17, 15) is 9.59 Å². The molecule has 0 unspecified atom stereocenters. The summed E-state index contributed by atoms with van der Waals surface area (Å²) < 4.78 is 10.4. The Bertz CT molecular complexity index is 554. The van der Waals surface area contributed by atoms with Gasteiger partial charge in [0.15, 0.2) is 11.5 Å². The van der Waals surface area contributed by atoms with Crippen molar-refractivity contribution >= 4 is 11.8 Å². The first-order chi connectivity index (χ1) is 11.1. The first kappa shape index (κ1) is 17.1. The molecule has 1 fully saturated rings. The molecule has 6 nitrogen and oxygen atoms in total. The molecule has 1 saturated carbocycles. The molecule has 0 bridgehead atoms. The van der Waals surface area contributed by atoms with Gasteiger partial charge in [-0.3, -0.25) is 9.59 Å². The lowest BCUT2D eigenvalue weighted by molar-refractivity contribution is -0.126. The van der Waals surface area contributed by atoms with Crippen LogP contribution in [0.2, 0.25) is 0 Å². The van der Waals surface area contributed by atoms with Crippen molar-refractivity contribution in [1.82, 2.24) is 10.6 Å². The van der Waals surface area contributed by atoms with Crippen LogP contribution in [0, 0.1) is 0 Å². The average molecular weight is 320 g/mol. The van der Waals surface area contributed by atoms with Gasteiger partial charge in [-0.2, -0.15) is 0 Å². The van der Waals surface area contributed by atoms with Gasteiger partial charge >= 0.3 is 0 Å². The number of amides is 2. The minimum absolute atomic E-state index is 0.0165. The number of methoxy groups -OCH3 is 2. The van der Waals surface area contributed by atoms with Gasteiger partial charge in [0.25, 0.3) is 0 Å². The van der Waals surface area contributed by atoms with E-state index in [1.807, 2.05) is 0 Å². The zero-order valence-electron chi connectivity index (χ0n) is 13.7. The summed E-state index contributed by atoms with van der Waals surface area (Å²) in [4.78, 5) is 23.7. The molecule has 2 N–H and O–H groups in total. The van der Waals surface area contributed by atoms with Gasteiger partial charge in [0.05, 0.1) is 27.2 Å². The topological polar surface area (TPSA) is 76.7 Å². The second-order valence-electron chi connectivity index (χ2n) is 5.69. The highest BCUT2D eigenvalue weighted by atomic mass is 16.5. The molecule has 1 aliphatic carbocycles. The molecule has 0 heterocycles. The first-order valence-electron chi connectivity index (χ1n) is 7.89. The molecule has 23 heavy (non-hydrogen) atoms. The van der Waals surface area contributed by atoms with Crippen LogP contribution >= 0.6 is 0 Å². The van der Waals surface area contributed by atoms with E-state index in [2.05, 4.69) is 10.6 Å². The van der Waals surface area contributed by atoms with E-state index in [1.165, 1.54) is 0 Å². The van der Waals surface area contributed by atoms with E-state index < -0.39 is 0 Å². The molecule has 2 amide bonds. The summed E-state index contributed by atoms with van der Waals surface area (Å²) in [5.74, 6) is 0.876. The number of rotatable bonds is 7. The van der Waals surface area contributed by atoms with Gasteiger partial charge < -0.3 is 20.1 Å². The fourth-order valence-electron chi connectivity index (χ4n) is 2.77. The Morgan fingerprint density at radius 1 is 1.09 bits per heavy atom. The van der Waals surface area contributed by atoms with E-state index in [1.54, 1.807) is 32.4 Å². The van der Waals surface area contributed by atoms with Gasteiger partial charge in [-0.15, -0.1) is 0 Å². The number of hydrogen-bond donors (Lipinski definition) is 2. The van der Waals surface area contributed by atoms with Crippen LogP contribution in [-0.4, -0.2) is 38.6 Å². The SMILES string of the molecule is COc1ccc(CC(=O)NCC(=O)NC2CCCC2)cc1OC. The third-order valence-corrected chi connectivity index (χ3v) is 3.98. The number of carbonyl (C=O) groups excluding carboxylic acids is 2. The Morgan fingerprint density at radius 3 is 2.43 bits per heavy atom. The largest absolute Gasteiger partial charge is 0.493 e. The van der Waals surface area contributed by atoms with Gasteiger partial charge in [-0.25, -0.2) is 0 Å².